The first kappa shape index (κ1) is 13.2. The van der Waals surface area contributed by atoms with Crippen LogP contribution in [0.4, 0.5) is 0 Å². The predicted molar refractivity (Wildman–Crippen MR) is 85.4 cm³/mol. The van der Waals surface area contributed by atoms with Gasteiger partial charge in [-0.2, -0.15) is 0 Å². The summed E-state index contributed by atoms with van der Waals surface area (Å²) in [6, 6.07) is 5.55. The molecule has 1 aliphatic carbocycles. The maximum Gasteiger partial charge on any atom is 0.282 e. The van der Waals surface area contributed by atoms with Gasteiger partial charge in [-0.3, -0.25) is 14.9 Å². The van der Waals surface area contributed by atoms with Crippen LogP contribution in [0.5, 0.6) is 0 Å². The van der Waals surface area contributed by atoms with Gasteiger partial charge in [0.2, 0.25) is 0 Å². The molecule has 0 saturated heterocycles. The number of fused-ring (bicyclic) bond motifs is 3. The summed E-state index contributed by atoms with van der Waals surface area (Å²) in [5.41, 5.74) is 3.21. The van der Waals surface area contributed by atoms with Crippen molar-refractivity contribution in [2.24, 2.45) is 0 Å². The van der Waals surface area contributed by atoms with Crippen molar-refractivity contribution in [3.8, 4) is 5.82 Å². The maximum absolute atomic E-state index is 12.6. The molecule has 0 fully saturated rings. The summed E-state index contributed by atoms with van der Waals surface area (Å²) in [4.78, 5) is 21.4. The Morgan fingerprint density at radius 1 is 1.05 bits per heavy atom. The Hall–Kier alpha value is -2.43. The molecule has 0 saturated carbocycles. The van der Waals surface area contributed by atoms with Gasteiger partial charge in [-0.05, 0) is 43.4 Å². The minimum Gasteiger partial charge on any atom is -0.288 e. The molecule has 112 valence electrons. The lowest BCUT2D eigenvalue weighted by Gasteiger charge is -2.12. The number of hydrogen-bond donors (Lipinski definition) is 1. The van der Waals surface area contributed by atoms with Gasteiger partial charge in [0.15, 0.2) is 5.82 Å². The number of aryl methyl sites for hydroxylation is 2. The molecular weight excluding hydrogens is 276 g/mol. The van der Waals surface area contributed by atoms with E-state index in [0.29, 0.717) is 11.2 Å². The van der Waals surface area contributed by atoms with E-state index in [1.165, 1.54) is 29.5 Å². The van der Waals surface area contributed by atoms with Crippen molar-refractivity contribution < 1.29 is 0 Å². The summed E-state index contributed by atoms with van der Waals surface area (Å²) in [5.74, 6) is 0.614. The summed E-state index contributed by atoms with van der Waals surface area (Å²) in [7, 11) is 0. The van der Waals surface area contributed by atoms with Gasteiger partial charge in [-0.15, -0.1) is 0 Å². The van der Waals surface area contributed by atoms with Crippen molar-refractivity contribution in [1.29, 1.82) is 0 Å². The molecule has 0 amide bonds. The minimum absolute atomic E-state index is 0.0777. The quantitative estimate of drug-likeness (QED) is 0.750. The molecule has 3 aromatic heterocycles. The lowest BCUT2D eigenvalue weighted by molar-refractivity contribution is 0.610. The Kier molecular flexibility index (Phi) is 3.25. The lowest BCUT2D eigenvalue weighted by atomic mass is 9.96. The number of hydrogen-bond acceptors (Lipinski definition) is 3. The number of H-pyrrole nitrogens is 1. The Morgan fingerprint density at radius 3 is 2.73 bits per heavy atom. The fraction of sp³-hybridized carbons (Fsp3) is 0.353. The second-order valence-electron chi connectivity index (χ2n) is 5.83. The summed E-state index contributed by atoms with van der Waals surface area (Å²) < 4.78 is 1.52. The van der Waals surface area contributed by atoms with Crippen LogP contribution in [-0.4, -0.2) is 19.7 Å². The molecule has 0 aromatic carbocycles. The van der Waals surface area contributed by atoms with E-state index in [0.717, 1.165) is 30.5 Å². The molecule has 0 atom stereocenters. The molecule has 22 heavy (non-hydrogen) atoms. The number of rotatable bonds is 1. The van der Waals surface area contributed by atoms with E-state index in [2.05, 4.69) is 15.1 Å². The third-order valence-electron chi connectivity index (χ3n) is 4.39. The normalized spacial score (nSPS) is 15.3. The molecule has 0 bridgehead atoms. The second kappa shape index (κ2) is 5.40. The molecule has 0 unspecified atom stereocenters. The highest BCUT2D eigenvalue weighted by atomic mass is 16.1. The summed E-state index contributed by atoms with van der Waals surface area (Å²) in [6.07, 6.45) is 10.3. The van der Waals surface area contributed by atoms with Crippen molar-refractivity contribution in [2.45, 2.75) is 38.5 Å². The SMILES string of the molecule is O=c1c2cnc3c(c2[nH]n1-c1ccccn1)CCCCCC3. The Balaban J connectivity index is 1.94. The average molecular weight is 294 g/mol. The van der Waals surface area contributed by atoms with Gasteiger partial charge < -0.3 is 0 Å². The van der Waals surface area contributed by atoms with Gasteiger partial charge >= 0.3 is 0 Å². The predicted octanol–water partition coefficient (Wildman–Crippen LogP) is 2.77. The zero-order chi connectivity index (χ0) is 14.9. The summed E-state index contributed by atoms with van der Waals surface area (Å²) >= 11 is 0. The molecular formula is C17H18N4O. The number of aromatic amines is 1. The van der Waals surface area contributed by atoms with Crippen molar-refractivity contribution in [1.82, 2.24) is 19.7 Å². The van der Waals surface area contributed by atoms with Crippen molar-refractivity contribution >= 4 is 10.9 Å². The zero-order valence-electron chi connectivity index (χ0n) is 12.4. The van der Waals surface area contributed by atoms with E-state index in [-0.39, 0.29) is 5.56 Å². The Morgan fingerprint density at radius 2 is 1.91 bits per heavy atom. The third kappa shape index (κ3) is 2.13. The second-order valence-corrected chi connectivity index (χ2v) is 5.83. The first-order valence-corrected chi connectivity index (χ1v) is 7.87. The topological polar surface area (TPSA) is 63.6 Å². The van der Waals surface area contributed by atoms with Crippen LogP contribution in [0.1, 0.15) is 36.9 Å². The Labute approximate surface area is 128 Å². The van der Waals surface area contributed by atoms with E-state index in [1.54, 1.807) is 12.4 Å². The molecule has 5 nitrogen and oxygen atoms in total. The molecule has 0 spiro atoms. The molecule has 3 heterocycles. The fourth-order valence-corrected chi connectivity index (χ4v) is 3.24. The lowest BCUT2D eigenvalue weighted by Crippen LogP contribution is -2.15. The van der Waals surface area contributed by atoms with Gasteiger partial charge in [-0.1, -0.05) is 18.9 Å². The molecule has 1 aliphatic rings. The van der Waals surface area contributed by atoms with Gasteiger partial charge in [0, 0.05) is 18.1 Å². The first-order valence-electron chi connectivity index (χ1n) is 7.87. The molecule has 5 heteroatoms. The van der Waals surface area contributed by atoms with Gasteiger partial charge in [0.25, 0.3) is 5.56 Å². The van der Waals surface area contributed by atoms with Crippen LogP contribution >= 0.6 is 0 Å². The largest absolute Gasteiger partial charge is 0.288 e. The first-order chi connectivity index (χ1) is 10.8. The van der Waals surface area contributed by atoms with Gasteiger partial charge in [-0.25, -0.2) is 9.67 Å². The van der Waals surface area contributed by atoms with Crippen LogP contribution in [0.2, 0.25) is 0 Å². The number of nitrogens with one attached hydrogen (secondary N) is 1. The zero-order valence-corrected chi connectivity index (χ0v) is 12.4. The molecule has 3 aromatic rings. The highest BCUT2D eigenvalue weighted by Crippen LogP contribution is 2.24. The van der Waals surface area contributed by atoms with Gasteiger partial charge in [0.1, 0.15) is 0 Å². The molecule has 4 rings (SSSR count). The smallest absolute Gasteiger partial charge is 0.282 e. The number of nitrogens with zero attached hydrogens (tertiary/aromatic N) is 3. The highest BCUT2D eigenvalue weighted by molar-refractivity contribution is 5.81. The van der Waals surface area contributed by atoms with Crippen LogP contribution in [0, 0.1) is 0 Å². The minimum atomic E-state index is -0.0777. The van der Waals surface area contributed by atoms with Crippen LogP contribution < -0.4 is 5.56 Å². The molecule has 0 aliphatic heterocycles. The highest BCUT2D eigenvalue weighted by Gasteiger charge is 2.17. The van der Waals surface area contributed by atoms with Crippen LogP contribution in [0.3, 0.4) is 0 Å². The standard InChI is InChI=1S/C17H18N4O/c22-17-13-11-19-14-8-4-2-1-3-7-12(14)16(13)20-21(17)15-9-5-6-10-18-15/h5-6,9-11,20H,1-4,7-8H2. The Bertz CT molecular complexity index is 863. The van der Waals surface area contributed by atoms with E-state index in [4.69, 9.17) is 0 Å². The van der Waals surface area contributed by atoms with E-state index in [9.17, 15) is 4.79 Å². The van der Waals surface area contributed by atoms with E-state index < -0.39 is 0 Å². The van der Waals surface area contributed by atoms with Crippen LogP contribution in [0.15, 0.2) is 35.4 Å². The fourth-order valence-electron chi connectivity index (χ4n) is 3.24. The van der Waals surface area contributed by atoms with E-state index in [1.807, 2.05) is 18.2 Å². The summed E-state index contributed by atoms with van der Waals surface area (Å²) in [6.45, 7) is 0. The van der Waals surface area contributed by atoms with Crippen LogP contribution in [-0.2, 0) is 12.8 Å². The summed E-state index contributed by atoms with van der Waals surface area (Å²) in [5, 5.41) is 3.92. The number of aromatic nitrogens is 4. The van der Waals surface area contributed by atoms with Crippen LogP contribution in [0.25, 0.3) is 16.7 Å². The average Bonchev–Trinajstić information content (AvgIpc) is 2.86. The van der Waals surface area contributed by atoms with Crippen molar-refractivity contribution in [2.75, 3.05) is 0 Å². The third-order valence-corrected chi connectivity index (χ3v) is 4.39. The molecule has 0 radical (unpaired) electrons. The maximum atomic E-state index is 12.6. The van der Waals surface area contributed by atoms with Crippen molar-refractivity contribution in [3.05, 3.63) is 52.2 Å². The monoisotopic (exact) mass is 294 g/mol. The van der Waals surface area contributed by atoms with Crippen molar-refractivity contribution in [3.63, 3.8) is 0 Å². The van der Waals surface area contributed by atoms with Gasteiger partial charge in [0.05, 0.1) is 10.9 Å². The number of pyridine rings is 2. The van der Waals surface area contributed by atoms with E-state index >= 15 is 0 Å². The molecule has 1 N–H and O–H groups in total.